The van der Waals surface area contributed by atoms with Crippen molar-refractivity contribution in [2.24, 2.45) is 17.4 Å². The summed E-state index contributed by atoms with van der Waals surface area (Å²) in [5, 5.41) is 2.46. The zero-order valence-corrected chi connectivity index (χ0v) is 8.91. The molecule has 82 valence electrons. The van der Waals surface area contributed by atoms with E-state index in [4.69, 9.17) is 11.5 Å². The summed E-state index contributed by atoms with van der Waals surface area (Å²) in [7, 11) is 0. The van der Waals surface area contributed by atoms with Gasteiger partial charge in [-0.15, -0.1) is 0 Å². The number of rotatable bonds is 5. The molecule has 5 heteroatoms. The van der Waals surface area contributed by atoms with Crippen LogP contribution < -0.4 is 16.8 Å². The summed E-state index contributed by atoms with van der Waals surface area (Å²) in [6, 6.07) is -1.25. The van der Waals surface area contributed by atoms with Gasteiger partial charge in [-0.25, -0.2) is 0 Å². The van der Waals surface area contributed by atoms with Gasteiger partial charge >= 0.3 is 0 Å². The first-order valence-electron chi connectivity index (χ1n) is 4.75. The number of amides is 2. The Morgan fingerprint density at radius 3 is 2.21 bits per heavy atom. The third-order valence-corrected chi connectivity index (χ3v) is 2.35. The maximum absolute atomic E-state index is 11.4. The van der Waals surface area contributed by atoms with Gasteiger partial charge in [0, 0.05) is 0 Å². The van der Waals surface area contributed by atoms with Gasteiger partial charge in [-0.05, 0) is 12.8 Å². The second kappa shape index (κ2) is 5.59. The molecule has 0 spiro atoms. The highest BCUT2D eigenvalue weighted by Crippen LogP contribution is 2.05. The van der Waals surface area contributed by atoms with Crippen LogP contribution in [0.3, 0.4) is 0 Å². The molecule has 0 aliphatic carbocycles. The molecule has 0 rings (SSSR count). The fourth-order valence-electron chi connectivity index (χ4n) is 0.893. The maximum Gasteiger partial charge on any atom is 0.239 e. The Morgan fingerprint density at radius 1 is 1.36 bits per heavy atom. The number of primary amides is 1. The van der Waals surface area contributed by atoms with Gasteiger partial charge < -0.3 is 16.8 Å². The molecule has 0 aromatic carbocycles. The van der Waals surface area contributed by atoms with E-state index in [0.29, 0.717) is 0 Å². The molecule has 14 heavy (non-hydrogen) atoms. The lowest BCUT2D eigenvalue weighted by Crippen LogP contribution is -2.51. The fraction of sp³-hybridized carbons (Fsp3) is 0.778. The van der Waals surface area contributed by atoms with Crippen LogP contribution in [0.25, 0.3) is 0 Å². The smallest absolute Gasteiger partial charge is 0.239 e. The summed E-state index contributed by atoms with van der Waals surface area (Å²) in [6.45, 7) is 5.37. The molecule has 5 nitrogen and oxygen atoms in total. The highest BCUT2D eigenvalue weighted by molar-refractivity contribution is 5.88. The van der Waals surface area contributed by atoms with Crippen molar-refractivity contribution in [1.82, 2.24) is 5.32 Å². The van der Waals surface area contributed by atoms with Crippen molar-refractivity contribution in [3.8, 4) is 0 Å². The Hall–Kier alpha value is -1.10. The van der Waals surface area contributed by atoms with Gasteiger partial charge in [-0.3, -0.25) is 9.59 Å². The minimum absolute atomic E-state index is 0.0927. The first-order valence-corrected chi connectivity index (χ1v) is 4.75. The van der Waals surface area contributed by atoms with Crippen LogP contribution in [0.15, 0.2) is 0 Å². The standard InChI is InChI=1S/C9H19N3O2/c1-4-5(2)7(10)9(14)12-6(3)8(11)13/h5-7H,4,10H2,1-3H3,(H2,11,13)(H,12,14)/t5-,6+,7-/m0/s1. The van der Waals surface area contributed by atoms with Crippen LogP contribution in [0.2, 0.25) is 0 Å². The van der Waals surface area contributed by atoms with Crippen LogP contribution >= 0.6 is 0 Å². The van der Waals surface area contributed by atoms with Gasteiger partial charge in [0.1, 0.15) is 6.04 Å². The zero-order chi connectivity index (χ0) is 11.3. The third kappa shape index (κ3) is 3.74. The summed E-state index contributed by atoms with van der Waals surface area (Å²) in [6.07, 6.45) is 0.819. The zero-order valence-electron chi connectivity index (χ0n) is 8.91. The molecule has 0 aromatic heterocycles. The number of carbonyl (C=O) groups excluding carboxylic acids is 2. The molecule has 0 unspecified atom stereocenters. The van der Waals surface area contributed by atoms with Crippen molar-refractivity contribution >= 4 is 11.8 Å². The largest absolute Gasteiger partial charge is 0.368 e. The first-order chi connectivity index (χ1) is 6.40. The minimum atomic E-state index is -0.669. The quantitative estimate of drug-likeness (QED) is 0.551. The van der Waals surface area contributed by atoms with E-state index in [0.717, 1.165) is 6.42 Å². The van der Waals surface area contributed by atoms with E-state index < -0.39 is 18.0 Å². The molecule has 0 fully saturated rings. The van der Waals surface area contributed by atoms with E-state index in [2.05, 4.69) is 5.32 Å². The highest BCUT2D eigenvalue weighted by atomic mass is 16.2. The van der Waals surface area contributed by atoms with Crippen molar-refractivity contribution in [3.05, 3.63) is 0 Å². The Labute approximate surface area is 84.2 Å². The molecule has 0 aliphatic heterocycles. The first kappa shape index (κ1) is 12.9. The number of hydrogen-bond acceptors (Lipinski definition) is 3. The minimum Gasteiger partial charge on any atom is -0.368 e. The van der Waals surface area contributed by atoms with Gasteiger partial charge in [0.2, 0.25) is 11.8 Å². The maximum atomic E-state index is 11.4. The van der Waals surface area contributed by atoms with E-state index in [9.17, 15) is 9.59 Å². The van der Waals surface area contributed by atoms with Gasteiger partial charge in [0.25, 0.3) is 0 Å². The lowest BCUT2D eigenvalue weighted by atomic mass is 9.99. The number of nitrogens with two attached hydrogens (primary N) is 2. The van der Waals surface area contributed by atoms with Crippen molar-refractivity contribution in [2.75, 3.05) is 0 Å². The molecule has 0 saturated heterocycles. The van der Waals surface area contributed by atoms with Crippen molar-refractivity contribution in [2.45, 2.75) is 39.3 Å². The van der Waals surface area contributed by atoms with Crippen molar-refractivity contribution in [1.29, 1.82) is 0 Å². The Kier molecular flexibility index (Phi) is 5.15. The van der Waals surface area contributed by atoms with E-state index in [1.807, 2.05) is 13.8 Å². The monoisotopic (exact) mass is 201 g/mol. The molecule has 0 aliphatic rings. The predicted octanol–water partition coefficient (Wildman–Crippen LogP) is -0.650. The topological polar surface area (TPSA) is 98.2 Å². The van der Waals surface area contributed by atoms with E-state index in [1.54, 1.807) is 0 Å². The average Bonchev–Trinajstić information content (AvgIpc) is 2.14. The summed E-state index contributed by atoms with van der Waals surface area (Å²) < 4.78 is 0. The molecule has 3 atom stereocenters. The average molecular weight is 201 g/mol. The second-order valence-corrected chi connectivity index (χ2v) is 3.54. The molecular weight excluding hydrogens is 182 g/mol. The summed E-state index contributed by atoms with van der Waals surface area (Å²) in [4.78, 5) is 22.1. The van der Waals surface area contributed by atoms with Crippen molar-refractivity contribution < 1.29 is 9.59 Å². The van der Waals surface area contributed by atoms with Crippen molar-refractivity contribution in [3.63, 3.8) is 0 Å². The summed E-state index contributed by atoms with van der Waals surface area (Å²) in [5.41, 5.74) is 10.7. The van der Waals surface area contributed by atoms with Crippen LogP contribution in [0.1, 0.15) is 27.2 Å². The Morgan fingerprint density at radius 2 is 1.86 bits per heavy atom. The SMILES string of the molecule is CC[C@H](C)[C@H](N)C(=O)N[C@H](C)C(N)=O. The van der Waals surface area contributed by atoms with Crippen LogP contribution in [0.4, 0.5) is 0 Å². The van der Waals surface area contributed by atoms with Gasteiger partial charge in [0.15, 0.2) is 0 Å². The molecule has 2 amide bonds. The highest BCUT2D eigenvalue weighted by Gasteiger charge is 2.21. The Bertz CT molecular complexity index is 218. The molecule has 0 heterocycles. The molecule has 0 bridgehead atoms. The molecule has 0 saturated carbocycles. The fourth-order valence-corrected chi connectivity index (χ4v) is 0.893. The van der Waals surface area contributed by atoms with Gasteiger partial charge in [-0.1, -0.05) is 20.3 Å². The normalized spacial score (nSPS) is 16.9. The third-order valence-electron chi connectivity index (χ3n) is 2.35. The lowest BCUT2D eigenvalue weighted by Gasteiger charge is -2.19. The van der Waals surface area contributed by atoms with Crippen LogP contribution in [-0.4, -0.2) is 23.9 Å². The van der Waals surface area contributed by atoms with E-state index in [1.165, 1.54) is 6.92 Å². The number of nitrogens with one attached hydrogen (secondary N) is 1. The molecular formula is C9H19N3O2. The predicted molar refractivity (Wildman–Crippen MR) is 54.2 cm³/mol. The van der Waals surface area contributed by atoms with Crippen LogP contribution in [0, 0.1) is 5.92 Å². The number of carbonyl (C=O) groups is 2. The van der Waals surface area contributed by atoms with Gasteiger partial charge in [-0.2, -0.15) is 0 Å². The lowest BCUT2D eigenvalue weighted by molar-refractivity contribution is -0.128. The molecule has 5 N–H and O–H groups in total. The summed E-state index contributed by atoms with van der Waals surface area (Å²) >= 11 is 0. The molecule has 0 aromatic rings. The van der Waals surface area contributed by atoms with Crippen LogP contribution in [0.5, 0.6) is 0 Å². The molecule has 0 radical (unpaired) electrons. The number of hydrogen-bond donors (Lipinski definition) is 3. The second-order valence-electron chi connectivity index (χ2n) is 3.54. The van der Waals surface area contributed by atoms with E-state index in [-0.39, 0.29) is 11.8 Å². The Balaban J connectivity index is 4.14. The van der Waals surface area contributed by atoms with Crippen LogP contribution in [-0.2, 0) is 9.59 Å². The van der Waals surface area contributed by atoms with Gasteiger partial charge in [0.05, 0.1) is 6.04 Å². The summed E-state index contributed by atoms with van der Waals surface area (Å²) in [5.74, 6) is -0.796. The van der Waals surface area contributed by atoms with E-state index >= 15 is 0 Å².